The smallest absolute Gasteiger partial charge is 0.338 e. The fourth-order valence-electron chi connectivity index (χ4n) is 7.07. The van der Waals surface area contributed by atoms with Gasteiger partial charge in [0.2, 0.25) is 10.4 Å². The van der Waals surface area contributed by atoms with Gasteiger partial charge in [0.15, 0.2) is 30.9 Å². The van der Waals surface area contributed by atoms with Gasteiger partial charge in [0.05, 0.1) is 35.0 Å². The summed E-state index contributed by atoms with van der Waals surface area (Å²) in [4.78, 5) is 81.0. The van der Waals surface area contributed by atoms with Crippen molar-refractivity contribution in [2.75, 3.05) is 13.2 Å². The maximum atomic E-state index is 14.2. The van der Waals surface area contributed by atoms with Crippen LogP contribution in [0.15, 0.2) is 97.6 Å². The van der Waals surface area contributed by atoms with Crippen LogP contribution in [0.5, 0.6) is 0 Å². The molecule has 3 aromatic rings. The summed E-state index contributed by atoms with van der Waals surface area (Å²) in [5.41, 5.74) is -0.169. The maximum Gasteiger partial charge on any atom is 0.338 e. The van der Waals surface area contributed by atoms with Crippen molar-refractivity contribution in [3.63, 3.8) is 0 Å². The van der Waals surface area contributed by atoms with Crippen molar-refractivity contribution in [3.05, 3.63) is 120 Å². The van der Waals surface area contributed by atoms with Gasteiger partial charge in [0.25, 0.3) is 11.8 Å². The van der Waals surface area contributed by atoms with E-state index in [1.165, 1.54) is 61.5 Å². The molecule has 2 saturated heterocycles. The van der Waals surface area contributed by atoms with Gasteiger partial charge in [0.1, 0.15) is 31.0 Å². The van der Waals surface area contributed by atoms with Crippen molar-refractivity contribution in [1.82, 2.24) is 4.90 Å². The van der Waals surface area contributed by atoms with Crippen LogP contribution >= 0.6 is 0 Å². The second-order valence-corrected chi connectivity index (χ2v) is 14.8. The van der Waals surface area contributed by atoms with E-state index in [9.17, 15) is 41.7 Å². The first kappa shape index (κ1) is 44.7. The van der Waals surface area contributed by atoms with E-state index in [-0.39, 0.29) is 28.9 Å². The first-order valence-corrected chi connectivity index (χ1v) is 20.0. The van der Waals surface area contributed by atoms with Crippen molar-refractivity contribution in [2.24, 2.45) is 0 Å². The zero-order valence-electron chi connectivity index (χ0n) is 32.8. The molecular weight excluding hydrogens is 827 g/mol. The van der Waals surface area contributed by atoms with Crippen LogP contribution in [0, 0.1) is 0 Å². The Kier molecular flexibility index (Phi) is 14.1. The molecule has 10 atom stereocenters. The van der Waals surface area contributed by atoms with Crippen molar-refractivity contribution in [2.45, 2.75) is 82.1 Å². The van der Waals surface area contributed by atoms with Crippen molar-refractivity contribution >= 4 is 46.1 Å². The normalized spacial score (nSPS) is 27.4. The van der Waals surface area contributed by atoms with E-state index in [1.807, 2.05) is 0 Å². The van der Waals surface area contributed by atoms with Gasteiger partial charge in [0, 0.05) is 13.8 Å². The average molecular weight is 867 g/mol. The Balaban J connectivity index is 1.53. The Morgan fingerprint density at radius 3 is 1.77 bits per heavy atom. The standard InChI is InChI=1S/C41H41NO18S/c1-5-20-52-41-35(58-39(48)26-16-10-7-11-17-26)34(31(22(2)54-41)57-38(47)25-14-8-6-9-15-25)59-40-30(42-36(45)27-18-12-13-19-28(27)37(42)46)33(60-61(49,50)51)32(55-24(4)44)29(56-40)21-53-23(3)43/h5-19,22,29-35,40-41H,1,20-21H2,2-4H3,(H,49,50,51)/p-1/t22-,29+,30+,31+,32+,33+,34+,35-,40-,41+/m0/s1. The minimum atomic E-state index is -5.81. The number of carbonyl (C=O) groups excluding carboxylic acids is 6. The highest BCUT2D eigenvalue weighted by Gasteiger charge is 2.60. The molecule has 0 N–H and O–H groups in total. The first-order chi connectivity index (χ1) is 29.1. The Morgan fingerprint density at radius 2 is 1.26 bits per heavy atom. The molecule has 19 nitrogen and oxygen atoms in total. The molecule has 2 fully saturated rings. The van der Waals surface area contributed by atoms with Crippen LogP contribution in [0.3, 0.4) is 0 Å². The molecule has 0 radical (unpaired) electrons. The SMILES string of the molecule is C=CCO[C@@H]1O[C@@H](C)[C@@H](OC(=O)c2ccccc2)[C@@H](O[C@@H]2O[C@H](COC(C)=O)[C@@H](OC(C)=O)[C@H](OS(=O)(=O)[O-])[C@H]2N2C(=O)c3ccccc3C2=O)[C@@H]1OC(=O)c1ccccc1. The molecule has 3 heterocycles. The van der Waals surface area contributed by atoms with Gasteiger partial charge in [-0.3, -0.25) is 28.3 Å². The van der Waals surface area contributed by atoms with Crippen LogP contribution in [0.25, 0.3) is 0 Å². The molecule has 20 heteroatoms. The Bertz CT molecular complexity index is 2200. The number of amides is 2. The molecule has 3 aromatic carbocycles. The zero-order valence-corrected chi connectivity index (χ0v) is 33.6. The Hall–Kier alpha value is -5.87. The van der Waals surface area contributed by atoms with Crippen molar-refractivity contribution in [1.29, 1.82) is 0 Å². The Labute approximate surface area is 349 Å². The number of ether oxygens (including phenoxy) is 8. The van der Waals surface area contributed by atoms with E-state index in [1.54, 1.807) is 36.4 Å². The molecule has 2 amide bonds. The van der Waals surface area contributed by atoms with Crippen molar-refractivity contribution in [3.8, 4) is 0 Å². The van der Waals surface area contributed by atoms with Crippen LogP contribution in [-0.2, 0) is 62.1 Å². The molecule has 324 valence electrons. The molecule has 0 saturated carbocycles. The van der Waals surface area contributed by atoms with E-state index < -0.39 is 114 Å². The lowest BCUT2D eigenvalue weighted by molar-refractivity contribution is -0.344. The number of esters is 4. The molecular formula is C41H40NO18S-. The summed E-state index contributed by atoms with van der Waals surface area (Å²) < 4.78 is 90.0. The molecule has 3 aliphatic rings. The third-order valence-corrected chi connectivity index (χ3v) is 10.1. The highest BCUT2D eigenvalue weighted by atomic mass is 32.3. The average Bonchev–Trinajstić information content (AvgIpc) is 3.47. The predicted octanol–water partition coefficient (Wildman–Crippen LogP) is 2.50. The summed E-state index contributed by atoms with van der Waals surface area (Å²) in [6.45, 7) is 6.10. The fraction of sp³-hybridized carbons (Fsp3) is 0.366. The lowest BCUT2D eigenvalue weighted by Crippen LogP contribution is -2.70. The molecule has 3 aliphatic heterocycles. The lowest BCUT2D eigenvalue weighted by atomic mass is 9.94. The first-order valence-electron chi connectivity index (χ1n) is 18.7. The highest BCUT2D eigenvalue weighted by molar-refractivity contribution is 7.80. The second kappa shape index (κ2) is 19.2. The van der Waals surface area contributed by atoms with Gasteiger partial charge in [-0.05, 0) is 43.3 Å². The third-order valence-electron chi connectivity index (χ3n) is 9.62. The summed E-state index contributed by atoms with van der Waals surface area (Å²) in [6, 6.07) is 18.8. The summed E-state index contributed by atoms with van der Waals surface area (Å²) in [7, 11) is -5.81. The van der Waals surface area contributed by atoms with E-state index in [0.29, 0.717) is 4.90 Å². The van der Waals surface area contributed by atoms with E-state index in [2.05, 4.69) is 6.58 Å². The highest BCUT2D eigenvalue weighted by Crippen LogP contribution is 2.39. The topological polar surface area (TPSA) is 246 Å². The molecule has 0 aliphatic carbocycles. The summed E-state index contributed by atoms with van der Waals surface area (Å²) in [5.74, 6) is -5.87. The second-order valence-electron chi connectivity index (χ2n) is 13.8. The van der Waals surface area contributed by atoms with Gasteiger partial charge in [-0.15, -0.1) is 6.58 Å². The molecule has 0 aromatic heterocycles. The van der Waals surface area contributed by atoms with Crippen LogP contribution in [-0.4, -0.2) is 128 Å². The van der Waals surface area contributed by atoms with Gasteiger partial charge in [-0.2, -0.15) is 0 Å². The van der Waals surface area contributed by atoms with Gasteiger partial charge in [-0.25, -0.2) is 18.0 Å². The Morgan fingerprint density at radius 1 is 0.721 bits per heavy atom. The maximum absolute atomic E-state index is 14.2. The fourth-order valence-corrected chi connectivity index (χ4v) is 7.56. The van der Waals surface area contributed by atoms with E-state index >= 15 is 0 Å². The molecule has 6 rings (SSSR count). The minimum Gasteiger partial charge on any atom is -0.726 e. The number of hydrogen-bond donors (Lipinski definition) is 0. The summed E-state index contributed by atoms with van der Waals surface area (Å²) >= 11 is 0. The molecule has 0 unspecified atom stereocenters. The minimum absolute atomic E-state index is 0.0535. The number of carbonyl (C=O) groups is 6. The number of nitrogens with zero attached hydrogens (tertiary/aromatic N) is 1. The summed E-state index contributed by atoms with van der Waals surface area (Å²) in [6.07, 6.45) is -14.6. The third kappa shape index (κ3) is 10.4. The summed E-state index contributed by atoms with van der Waals surface area (Å²) in [5, 5.41) is 0. The molecule has 61 heavy (non-hydrogen) atoms. The largest absolute Gasteiger partial charge is 0.726 e. The molecule has 0 bridgehead atoms. The van der Waals surface area contributed by atoms with Gasteiger partial charge in [-0.1, -0.05) is 54.6 Å². The van der Waals surface area contributed by atoms with Gasteiger partial charge < -0.3 is 42.4 Å². The van der Waals surface area contributed by atoms with Crippen molar-refractivity contribution < 1.29 is 83.8 Å². The predicted molar refractivity (Wildman–Crippen MR) is 203 cm³/mol. The van der Waals surface area contributed by atoms with Crippen LogP contribution in [0.4, 0.5) is 0 Å². The monoisotopic (exact) mass is 866 g/mol. The number of rotatable bonds is 15. The van der Waals surface area contributed by atoms with Gasteiger partial charge >= 0.3 is 23.9 Å². The molecule has 0 spiro atoms. The van der Waals surface area contributed by atoms with E-state index in [0.717, 1.165) is 13.8 Å². The van der Waals surface area contributed by atoms with E-state index in [4.69, 9.17) is 42.1 Å². The lowest BCUT2D eigenvalue weighted by Gasteiger charge is -2.50. The number of benzene rings is 3. The van der Waals surface area contributed by atoms with Crippen LogP contribution in [0.2, 0.25) is 0 Å². The number of imide groups is 1. The zero-order chi connectivity index (χ0) is 44.0. The van der Waals surface area contributed by atoms with Crippen LogP contribution < -0.4 is 0 Å². The number of hydrogen-bond acceptors (Lipinski definition) is 18. The van der Waals surface area contributed by atoms with Crippen LogP contribution in [0.1, 0.15) is 62.2 Å². The number of fused-ring (bicyclic) bond motifs is 1. The quantitative estimate of drug-likeness (QED) is 0.0532.